The van der Waals surface area contributed by atoms with Gasteiger partial charge in [-0.05, 0) is 6.42 Å². The van der Waals surface area contributed by atoms with Gasteiger partial charge < -0.3 is 9.05 Å². The topological polar surface area (TPSA) is 52.6 Å². The van der Waals surface area contributed by atoms with E-state index in [1.807, 2.05) is 0 Å². The third kappa shape index (κ3) is 14.2. The largest absolute Gasteiger partial charge is 0.337 e. The number of carbonyl (C=O) groups is 1. The Morgan fingerprint density at radius 2 is 1.08 bits per heavy atom. The lowest BCUT2D eigenvalue weighted by Crippen LogP contribution is -2.07. The summed E-state index contributed by atoms with van der Waals surface area (Å²) < 4.78 is 21.4. The zero-order valence-corrected chi connectivity index (χ0v) is 17.1. The van der Waals surface area contributed by atoms with E-state index in [4.69, 9.17) is 9.05 Å². The standard InChI is InChI=1S/C19H39O4P/c1-4-5-6-7-8-9-10-11-12-13-14-15-16-17-19(20)18-24(21,22-2)23-3/h4-18H2,1-3H3. The lowest BCUT2D eigenvalue weighted by Gasteiger charge is -2.12. The van der Waals surface area contributed by atoms with Gasteiger partial charge in [-0.3, -0.25) is 9.36 Å². The molecule has 0 aromatic rings. The average Bonchev–Trinajstić information content (AvgIpc) is 2.58. The minimum atomic E-state index is -3.17. The van der Waals surface area contributed by atoms with Gasteiger partial charge in [0.05, 0.1) is 0 Å². The van der Waals surface area contributed by atoms with Crippen molar-refractivity contribution in [2.45, 2.75) is 96.8 Å². The van der Waals surface area contributed by atoms with Gasteiger partial charge >= 0.3 is 7.60 Å². The fourth-order valence-electron chi connectivity index (χ4n) is 2.84. The number of unbranched alkanes of at least 4 members (excludes halogenated alkanes) is 12. The predicted molar refractivity (Wildman–Crippen MR) is 102 cm³/mol. The highest BCUT2D eigenvalue weighted by atomic mass is 31.2. The van der Waals surface area contributed by atoms with Crippen molar-refractivity contribution in [3.8, 4) is 0 Å². The van der Waals surface area contributed by atoms with Gasteiger partial charge in [0.15, 0.2) is 0 Å². The molecule has 0 atom stereocenters. The van der Waals surface area contributed by atoms with Gasteiger partial charge in [-0.15, -0.1) is 0 Å². The van der Waals surface area contributed by atoms with Crippen molar-refractivity contribution in [3.05, 3.63) is 0 Å². The second-order valence-electron chi connectivity index (χ2n) is 6.67. The van der Waals surface area contributed by atoms with E-state index in [9.17, 15) is 9.36 Å². The van der Waals surface area contributed by atoms with E-state index in [0.29, 0.717) is 6.42 Å². The Hall–Kier alpha value is -0.180. The maximum absolute atomic E-state index is 11.8. The quantitative estimate of drug-likeness (QED) is 0.206. The second-order valence-corrected chi connectivity index (χ2v) is 8.93. The summed E-state index contributed by atoms with van der Waals surface area (Å²) in [4.78, 5) is 11.7. The molecule has 0 heterocycles. The Kier molecular flexibility index (Phi) is 16.2. The molecule has 4 nitrogen and oxygen atoms in total. The van der Waals surface area contributed by atoms with Gasteiger partial charge in [-0.1, -0.05) is 84.0 Å². The van der Waals surface area contributed by atoms with Gasteiger partial charge in [-0.2, -0.15) is 0 Å². The highest BCUT2D eigenvalue weighted by molar-refractivity contribution is 7.54. The molecule has 0 rings (SSSR count). The Balaban J connectivity index is 3.33. The summed E-state index contributed by atoms with van der Waals surface area (Å²) in [5.74, 6) is -0.0230. The zero-order valence-electron chi connectivity index (χ0n) is 16.2. The van der Waals surface area contributed by atoms with E-state index in [1.165, 1.54) is 84.8 Å². The molecule has 0 aromatic heterocycles. The van der Waals surface area contributed by atoms with Crippen LogP contribution in [0.5, 0.6) is 0 Å². The number of rotatable bonds is 18. The second kappa shape index (κ2) is 16.3. The van der Waals surface area contributed by atoms with E-state index >= 15 is 0 Å². The van der Waals surface area contributed by atoms with Crippen molar-refractivity contribution in [3.63, 3.8) is 0 Å². The molecule has 0 aromatic carbocycles. The molecule has 5 heteroatoms. The molecular formula is C19H39O4P. The molecule has 0 saturated heterocycles. The van der Waals surface area contributed by atoms with Crippen LogP contribution in [0, 0.1) is 0 Å². The van der Waals surface area contributed by atoms with E-state index in [1.54, 1.807) is 0 Å². The van der Waals surface area contributed by atoms with Crippen LogP contribution in [0.25, 0.3) is 0 Å². The number of hydrogen-bond donors (Lipinski definition) is 0. The Bertz CT molecular complexity index is 336. The molecule has 0 amide bonds. The number of hydrogen-bond acceptors (Lipinski definition) is 4. The summed E-state index contributed by atoms with van der Waals surface area (Å²) in [5.41, 5.74) is 0. The van der Waals surface area contributed by atoms with Gasteiger partial charge in [0.2, 0.25) is 0 Å². The smallest absolute Gasteiger partial charge is 0.312 e. The Morgan fingerprint density at radius 3 is 1.46 bits per heavy atom. The lowest BCUT2D eigenvalue weighted by molar-refractivity contribution is -0.117. The molecule has 0 aliphatic heterocycles. The lowest BCUT2D eigenvalue weighted by atomic mass is 10.0. The monoisotopic (exact) mass is 362 g/mol. The summed E-state index contributed by atoms with van der Waals surface area (Å²) in [6, 6.07) is 0. The van der Waals surface area contributed by atoms with Crippen LogP contribution < -0.4 is 0 Å². The first kappa shape index (κ1) is 23.8. The van der Waals surface area contributed by atoms with E-state index in [-0.39, 0.29) is 11.9 Å². The zero-order chi connectivity index (χ0) is 18.1. The van der Waals surface area contributed by atoms with Crippen molar-refractivity contribution in [1.29, 1.82) is 0 Å². The van der Waals surface area contributed by atoms with Crippen LogP contribution in [0.1, 0.15) is 96.8 Å². The van der Waals surface area contributed by atoms with E-state index < -0.39 is 7.60 Å². The Morgan fingerprint density at radius 1 is 0.708 bits per heavy atom. The fourth-order valence-corrected chi connectivity index (χ4v) is 3.84. The molecule has 0 fully saturated rings. The third-order valence-corrected chi connectivity index (χ3v) is 6.34. The number of carbonyl (C=O) groups excluding carboxylic acids is 1. The van der Waals surface area contributed by atoms with Crippen molar-refractivity contribution < 1.29 is 18.4 Å². The SMILES string of the molecule is CCCCCCCCCCCCCCCC(=O)CP(=O)(OC)OC. The van der Waals surface area contributed by atoms with Gasteiger partial charge in [0.1, 0.15) is 11.9 Å². The van der Waals surface area contributed by atoms with E-state index in [2.05, 4.69) is 6.92 Å². The fraction of sp³-hybridized carbons (Fsp3) is 0.947. The highest BCUT2D eigenvalue weighted by Crippen LogP contribution is 2.46. The highest BCUT2D eigenvalue weighted by Gasteiger charge is 2.24. The molecule has 24 heavy (non-hydrogen) atoms. The summed E-state index contributed by atoms with van der Waals surface area (Å²) >= 11 is 0. The van der Waals surface area contributed by atoms with Crippen LogP contribution in [-0.4, -0.2) is 26.2 Å². The molecule has 0 saturated carbocycles. The van der Waals surface area contributed by atoms with Crippen LogP contribution in [-0.2, 0) is 18.4 Å². The van der Waals surface area contributed by atoms with Gasteiger partial charge in [0.25, 0.3) is 0 Å². The van der Waals surface area contributed by atoms with E-state index in [0.717, 1.165) is 12.8 Å². The maximum Gasteiger partial charge on any atom is 0.337 e. The average molecular weight is 362 g/mol. The van der Waals surface area contributed by atoms with Gasteiger partial charge in [-0.25, -0.2) is 0 Å². The molecule has 0 spiro atoms. The molecule has 0 N–H and O–H groups in total. The van der Waals surface area contributed by atoms with Gasteiger partial charge in [0, 0.05) is 20.6 Å². The van der Waals surface area contributed by atoms with Crippen LogP contribution in [0.3, 0.4) is 0 Å². The Labute approximate surface area is 149 Å². The normalized spacial score (nSPS) is 11.8. The van der Waals surface area contributed by atoms with Crippen molar-refractivity contribution in [1.82, 2.24) is 0 Å². The minimum absolute atomic E-state index is 0.0230. The molecular weight excluding hydrogens is 323 g/mol. The third-order valence-electron chi connectivity index (χ3n) is 4.49. The van der Waals surface area contributed by atoms with Crippen LogP contribution in [0.2, 0.25) is 0 Å². The van der Waals surface area contributed by atoms with Crippen LogP contribution in [0.4, 0.5) is 0 Å². The molecule has 0 radical (unpaired) electrons. The molecule has 144 valence electrons. The van der Waals surface area contributed by atoms with Crippen LogP contribution >= 0.6 is 7.60 Å². The number of ketones is 1. The first-order valence-corrected chi connectivity index (χ1v) is 11.5. The van der Waals surface area contributed by atoms with Crippen molar-refractivity contribution in [2.75, 3.05) is 20.4 Å². The molecule has 0 unspecified atom stereocenters. The molecule has 0 bridgehead atoms. The summed E-state index contributed by atoms with van der Waals surface area (Å²) in [7, 11) is -0.529. The summed E-state index contributed by atoms with van der Waals surface area (Å²) in [5, 5.41) is 0. The predicted octanol–water partition coefficient (Wildman–Crippen LogP) is 6.52. The number of Topliss-reactive ketones (excluding diaryl/α,β-unsaturated/α-hetero) is 1. The van der Waals surface area contributed by atoms with Crippen LogP contribution in [0.15, 0.2) is 0 Å². The van der Waals surface area contributed by atoms with Crippen molar-refractivity contribution >= 4 is 13.4 Å². The first-order chi connectivity index (χ1) is 11.6. The first-order valence-electron chi connectivity index (χ1n) is 9.80. The summed E-state index contributed by atoms with van der Waals surface area (Å²) in [6.45, 7) is 2.26. The minimum Gasteiger partial charge on any atom is -0.312 e. The molecule has 0 aliphatic carbocycles. The van der Waals surface area contributed by atoms with Crippen molar-refractivity contribution in [2.24, 2.45) is 0 Å². The maximum atomic E-state index is 11.8. The summed E-state index contributed by atoms with van der Waals surface area (Å²) in [6.07, 6.45) is 17.1. The molecule has 0 aliphatic rings.